The molecule has 0 saturated carbocycles. The summed E-state index contributed by atoms with van der Waals surface area (Å²) in [6, 6.07) is 5.41. The molecule has 0 saturated heterocycles. The largest absolute Gasteiger partial charge is 0.465 e. The molecule has 1 aromatic rings. The van der Waals surface area contributed by atoms with Crippen molar-refractivity contribution in [1.82, 2.24) is 0 Å². The summed E-state index contributed by atoms with van der Waals surface area (Å²) in [5.74, 6) is 0.845. The highest BCUT2D eigenvalue weighted by atomic mass is 35.5. The van der Waals surface area contributed by atoms with Crippen LogP contribution in [0.1, 0.15) is 46.0 Å². The Labute approximate surface area is 167 Å². The lowest BCUT2D eigenvalue weighted by Gasteiger charge is -2.14. The SMILES string of the molecule is CCCCC(CC)COC(=O)CCSc1cccc(S(C)(=O)=NC)c1Cl. The molecule has 0 amide bonds. The molecule has 0 aliphatic carbocycles. The number of carbonyl (C=O) groups excluding carboxylic acids is 1. The van der Waals surface area contributed by atoms with E-state index in [4.69, 9.17) is 16.3 Å². The Morgan fingerprint density at radius 2 is 2.12 bits per heavy atom. The summed E-state index contributed by atoms with van der Waals surface area (Å²) >= 11 is 7.85. The first-order valence-corrected chi connectivity index (χ1v) is 12.3. The summed E-state index contributed by atoms with van der Waals surface area (Å²) in [5.41, 5.74) is 0. The van der Waals surface area contributed by atoms with Crippen molar-refractivity contribution in [3.8, 4) is 0 Å². The summed E-state index contributed by atoms with van der Waals surface area (Å²) in [5, 5.41) is 0.453. The van der Waals surface area contributed by atoms with E-state index in [0.29, 0.717) is 34.6 Å². The second-order valence-electron chi connectivity index (χ2n) is 6.25. The topological polar surface area (TPSA) is 55.7 Å². The molecule has 0 heterocycles. The van der Waals surface area contributed by atoms with Crippen LogP contribution in [0.3, 0.4) is 0 Å². The van der Waals surface area contributed by atoms with E-state index >= 15 is 0 Å². The number of nitrogens with zero attached hydrogens (tertiary/aromatic N) is 1. The number of ether oxygens (including phenoxy) is 1. The molecule has 0 N–H and O–H groups in total. The van der Waals surface area contributed by atoms with Gasteiger partial charge < -0.3 is 4.74 Å². The minimum absolute atomic E-state index is 0.178. The van der Waals surface area contributed by atoms with E-state index in [1.54, 1.807) is 12.3 Å². The molecule has 1 rings (SSSR count). The summed E-state index contributed by atoms with van der Waals surface area (Å²) in [4.78, 5) is 13.3. The van der Waals surface area contributed by atoms with Gasteiger partial charge >= 0.3 is 5.97 Å². The third-order valence-corrected chi connectivity index (χ3v) is 7.82. The Morgan fingerprint density at radius 3 is 2.73 bits per heavy atom. The Bertz CT molecular complexity index is 700. The van der Waals surface area contributed by atoms with Gasteiger partial charge in [0.25, 0.3) is 0 Å². The zero-order valence-corrected chi connectivity index (χ0v) is 18.5. The monoisotopic (exact) mass is 419 g/mol. The first-order valence-electron chi connectivity index (χ1n) is 9.02. The molecule has 0 aliphatic heterocycles. The zero-order valence-electron chi connectivity index (χ0n) is 16.1. The van der Waals surface area contributed by atoms with Crippen LogP contribution in [-0.2, 0) is 19.3 Å². The molecule has 0 radical (unpaired) electrons. The van der Waals surface area contributed by atoms with Crippen molar-refractivity contribution in [2.45, 2.75) is 55.7 Å². The molecule has 2 atom stereocenters. The predicted octanol–water partition coefficient (Wildman–Crippen LogP) is 5.67. The van der Waals surface area contributed by atoms with Gasteiger partial charge in [-0.3, -0.25) is 4.79 Å². The molecule has 148 valence electrons. The van der Waals surface area contributed by atoms with E-state index in [0.717, 1.165) is 24.2 Å². The van der Waals surface area contributed by atoms with Gasteiger partial charge in [0.1, 0.15) is 0 Å². The molecule has 4 nitrogen and oxygen atoms in total. The van der Waals surface area contributed by atoms with E-state index in [1.807, 2.05) is 12.1 Å². The second kappa shape index (κ2) is 11.9. The number of carbonyl (C=O) groups is 1. The van der Waals surface area contributed by atoms with Crippen LogP contribution in [0.15, 0.2) is 32.4 Å². The molecule has 0 aromatic heterocycles. The van der Waals surface area contributed by atoms with E-state index in [9.17, 15) is 9.00 Å². The number of hydrogen-bond acceptors (Lipinski definition) is 5. The molecule has 7 heteroatoms. The highest BCUT2D eigenvalue weighted by Crippen LogP contribution is 2.33. The van der Waals surface area contributed by atoms with Crippen LogP contribution >= 0.6 is 23.4 Å². The smallest absolute Gasteiger partial charge is 0.306 e. The Morgan fingerprint density at radius 1 is 1.38 bits per heavy atom. The van der Waals surface area contributed by atoms with Gasteiger partial charge in [-0.25, -0.2) is 8.57 Å². The molecule has 1 aromatic carbocycles. The third-order valence-electron chi connectivity index (χ3n) is 4.27. The van der Waals surface area contributed by atoms with Gasteiger partial charge in [0.2, 0.25) is 0 Å². The van der Waals surface area contributed by atoms with Crippen molar-refractivity contribution in [2.75, 3.05) is 25.7 Å². The molecule has 2 unspecified atom stereocenters. The number of unbranched alkanes of at least 4 members (excludes halogenated alkanes) is 1. The van der Waals surface area contributed by atoms with Crippen molar-refractivity contribution in [3.63, 3.8) is 0 Å². The lowest BCUT2D eigenvalue weighted by molar-refractivity contribution is -0.144. The fourth-order valence-corrected chi connectivity index (χ4v) is 5.07. The Kier molecular flexibility index (Phi) is 10.7. The van der Waals surface area contributed by atoms with Crippen LogP contribution in [0.4, 0.5) is 0 Å². The molecule has 0 fully saturated rings. The van der Waals surface area contributed by atoms with Crippen LogP contribution in [0, 0.1) is 5.92 Å². The van der Waals surface area contributed by atoms with Crippen molar-refractivity contribution >= 4 is 39.1 Å². The Balaban J connectivity index is 2.52. The minimum atomic E-state index is -2.48. The maximum absolute atomic E-state index is 12.4. The van der Waals surface area contributed by atoms with Crippen LogP contribution in [0.25, 0.3) is 0 Å². The number of thioether (sulfide) groups is 1. The molecular weight excluding hydrogens is 390 g/mol. The Hall–Kier alpha value is -0.720. The lowest BCUT2D eigenvalue weighted by Crippen LogP contribution is -2.14. The van der Waals surface area contributed by atoms with Gasteiger partial charge in [-0.2, -0.15) is 0 Å². The van der Waals surface area contributed by atoms with E-state index in [-0.39, 0.29) is 5.97 Å². The van der Waals surface area contributed by atoms with Gasteiger partial charge in [-0.05, 0) is 24.5 Å². The van der Waals surface area contributed by atoms with Crippen LogP contribution in [-0.4, -0.2) is 35.8 Å². The molecular formula is C19H30ClNO3S2. The van der Waals surface area contributed by atoms with Crippen LogP contribution in [0.5, 0.6) is 0 Å². The summed E-state index contributed by atoms with van der Waals surface area (Å²) in [7, 11) is -0.957. The van der Waals surface area contributed by atoms with Crippen molar-refractivity contribution in [1.29, 1.82) is 0 Å². The maximum atomic E-state index is 12.4. The molecule has 0 aliphatic rings. The van der Waals surface area contributed by atoms with Crippen molar-refractivity contribution < 1.29 is 13.7 Å². The number of hydrogen-bond donors (Lipinski definition) is 0. The second-order valence-corrected chi connectivity index (χ2v) is 10.2. The number of esters is 1. The van der Waals surface area contributed by atoms with E-state index < -0.39 is 9.73 Å². The van der Waals surface area contributed by atoms with Crippen LogP contribution < -0.4 is 0 Å². The average molecular weight is 420 g/mol. The quantitative estimate of drug-likeness (QED) is 0.342. The first-order chi connectivity index (χ1) is 12.4. The highest BCUT2D eigenvalue weighted by molar-refractivity contribution is 7.99. The summed E-state index contributed by atoms with van der Waals surface area (Å²) < 4.78 is 21.8. The third kappa shape index (κ3) is 7.49. The van der Waals surface area contributed by atoms with Gasteiger partial charge in [0, 0.05) is 24.0 Å². The van der Waals surface area contributed by atoms with Gasteiger partial charge in [-0.1, -0.05) is 50.8 Å². The van der Waals surface area contributed by atoms with Gasteiger partial charge in [0.15, 0.2) is 0 Å². The zero-order chi connectivity index (χ0) is 19.6. The number of halogens is 1. The van der Waals surface area contributed by atoms with Gasteiger partial charge in [0.05, 0.1) is 32.7 Å². The fraction of sp³-hybridized carbons (Fsp3) is 0.632. The number of rotatable bonds is 11. The standard InChI is InChI=1S/C19H30ClNO3S2/c1-5-7-9-15(6-2)14-24-18(22)12-13-25-16-10-8-11-17(19(16)20)26(4,23)21-3/h8,10-11,15H,5-7,9,12-14H2,1-4H3. The first kappa shape index (κ1) is 23.3. The van der Waals surface area contributed by atoms with E-state index in [1.165, 1.54) is 25.2 Å². The minimum Gasteiger partial charge on any atom is -0.465 e. The van der Waals surface area contributed by atoms with E-state index in [2.05, 4.69) is 18.2 Å². The maximum Gasteiger partial charge on any atom is 0.306 e. The van der Waals surface area contributed by atoms with Crippen LogP contribution in [0.2, 0.25) is 5.02 Å². The molecule has 0 bridgehead atoms. The normalized spacial score (nSPS) is 14.5. The summed E-state index contributed by atoms with van der Waals surface area (Å²) in [6.07, 6.45) is 6.37. The highest BCUT2D eigenvalue weighted by Gasteiger charge is 2.15. The predicted molar refractivity (Wildman–Crippen MR) is 112 cm³/mol. The molecule has 0 spiro atoms. The van der Waals surface area contributed by atoms with Crippen molar-refractivity contribution in [2.24, 2.45) is 10.3 Å². The fourth-order valence-electron chi connectivity index (χ4n) is 2.42. The van der Waals surface area contributed by atoms with Gasteiger partial charge in [-0.15, -0.1) is 11.8 Å². The number of benzene rings is 1. The molecule has 26 heavy (non-hydrogen) atoms. The lowest BCUT2D eigenvalue weighted by atomic mass is 10.0. The van der Waals surface area contributed by atoms with Crippen molar-refractivity contribution in [3.05, 3.63) is 23.2 Å². The summed E-state index contributed by atoms with van der Waals surface area (Å²) in [6.45, 7) is 4.81. The average Bonchev–Trinajstić information content (AvgIpc) is 2.63.